The lowest BCUT2D eigenvalue weighted by Gasteiger charge is -2.15. The number of nitrogens with two attached hydrogens (primary N) is 1. The highest BCUT2D eigenvalue weighted by atomic mass is 16.5. The van der Waals surface area contributed by atoms with Gasteiger partial charge >= 0.3 is 0 Å². The Bertz CT molecular complexity index is 539. The quantitative estimate of drug-likeness (QED) is 0.833. The minimum Gasteiger partial charge on any atom is -0.399 e. The first-order chi connectivity index (χ1) is 9.83. The van der Waals surface area contributed by atoms with Crippen LogP contribution in [0.5, 0.6) is 0 Å². The zero-order valence-electron chi connectivity index (χ0n) is 11.7. The maximum Gasteiger partial charge on any atom is 0.230 e. The van der Waals surface area contributed by atoms with Gasteiger partial charge in [-0.3, -0.25) is 0 Å². The lowest BCUT2D eigenvalue weighted by molar-refractivity contribution is 0.323. The van der Waals surface area contributed by atoms with Crippen molar-refractivity contribution < 1.29 is 4.52 Å². The number of benzene rings is 1. The van der Waals surface area contributed by atoms with Crippen molar-refractivity contribution in [2.24, 2.45) is 0 Å². The maximum atomic E-state index is 5.69. The topological polar surface area (TPSA) is 64.9 Å². The minimum absolute atomic E-state index is 0.435. The molecule has 1 saturated carbocycles. The molecule has 2 N–H and O–H groups in total. The highest BCUT2D eigenvalue weighted by Crippen LogP contribution is 2.31. The molecule has 1 fully saturated rings. The van der Waals surface area contributed by atoms with E-state index >= 15 is 0 Å². The standard InChI is InChI=1S/C16H21N3O/c17-14-10-8-12(9-11-14)15-18-16(20-19-15)13-6-4-2-1-3-5-7-13/h8-11,13H,1-7,17H2. The number of nitrogens with zero attached hydrogens (tertiary/aromatic N) is 2. The van der Waals surface area contributed by atoms with Gasteiger partial charge in [-0.15, -0.1) is 0 Å². The van der Waals surface area contributed by atoms with Gasteiger partial charge in [-0.2, -0.15) is 4.98 Å². The van der Waals surface area contributed by atoms with Gasteiger partial charge in [-0.1, -0.05) is 37.3 Å². The Morgan fingerprint density at radius 3 is 2.30 bits per heavy atom. The van der Waals surface area contributed by atoms with Gasteiger partial charge < -0.3 is 10.3 Å². The van der Waals surface area contributed by atoms with Crippen molar-refractivity contribution in [1.29, 1.82) is 0 Å². The molecule has 0 bridgehead atoms. The van der Waals surface area contributed by atoms with E-state index in [0.717, 1.165) is 17.1 Å². The van der Waals surface area contributed by atoms with Gasteiger partial charge in [0, 0.05) is 17.2 Å². The molecular formula is C16H21N3O. The highest BCUT2D eigenvalue weighted by Gasteiger charge is 2.20. The smallest absolute Gasteiger partial charge is 0.230 e. The fraction of sp³-hybridized carbons (Fsp3) is 0.500. The van der Waals surface area contributed by atoms with Crippen LogP contribution in [0.1, 0.15) is 56.8 Å². The fourth-order valence-corrected chi connectivity index (χ4v) is 2.85. The van der Waals surface area contributed by atoms with Crippen LogP contribution in [0.2, 0.25) is 0 Å². The van der Waals surface area contributed by atoms with Gasteiger partial charge in [0.15, 0.2) is 0 Å². The Balaban J connectivity index is 1.76. The molecule has 2 aromatic rings. The molecule has 1 aliphatic carbocycles. The third-order valence-corrected chi connectivity index (χ3v) is 4.07. The summed E-state index contributed by atoms with van der Waals surface area (Å²) >= 11 is 0. The number of rotatable bonds is 2. The molecule has 1 aliphatic rings. The summed E-state index contributed by atoms with van der Waals surface area (Å²) in [4.78, 5) is 4.59. The predicted octanol–water partition coefficient (Wildman–Crippen LogP) is 4.15. The second kappa shape index (κ2) is 6.07. The number of nitrogen functional groups attached to an aromatic ring is 1. The van der Waals surface area contributed by atoms with Crippen molar-refractivity contribution in [3.8, 4) is 11.4 Å². The normalized spacial score (nSPS) is 17.6. The van der Waals surface area contributed by atoms with Crippen LogP contribution in [0.15, 0.2) is 28.8 Å². The Hall–Kier alpha value is -1.84. The molecule has 20 heavy (non-hydrogen) atoms. The summed E-state index contributed by atoms with van der Waals surface area (Å²) in [6.07, 6.45) is 8.90. The van der Waals surface area contributed by atoms with E-state index in [0.29, 0.717) is 11.7 Å². The summed E-state index contributed by atoms with van der Waals surface area (Å²) in [6, 6.07) is 7.59. The Morgan fingerprint density at radius 1 is 0.950 bits per heavy atom. The first kappa shape index (κ1) is 13.2. The van der Waals surface area contributed by atoms with Crippen LogP contribution in [0, 0.1) is 0 Å². The molecule has 0 radical (unpaired) electrons. The molecule has 0 amide bonds. The number of hydrogen-bond donors (Lipinski definition) is 1. The van der Waals surface area contributed by atoms with Crippen molar-refractivity contribution >= 4 is 5.69 Å². The third kappa shape index (κ3) is 3.00. The minimum atomic E-state index is 0.435. The molecule has 106 valence electrons. The Morgan fingerprint density at radius 2 is 1.60 bits per heavy atom. The van der Waals surface area contributed by atoms with Crippen LogP contribution in [-0.2, 0) is 0 Å². The summed E-state index contributed by atoms with van der Waals surface area (Å²) in [7, 11) is 0. The Kier molecular flexibility index (Phi) is 4.00. The number of hydrogen-bond acceptors (Lipinski definition) is 4. The molecule has 1 aromatic carbocycles. The molecule has 0 atom stereocenters. The van der Waals surface area contributed by atoms with Crippen LogP contribution in [0.25, 0.3) is 11.4 Å². The van der Waals surface area contributed by atoms with Crippen molar-refractivity contribution in [3.63, 3.8) is 0 Å². The average Bonchev–Trinajstić information content (AvgIpc) is 2.89. The van der Waals surface area contributed by atoms with Crippen molar-refractivity contribution in [1.82, 2.24) is 10.1 Å². The fourth-order valence-electron chi connectivity index (χ4n) is 2.85. The van der Waals surface area contributed by atoms with Crippen LogP contribution in [0.3, 0.4) is 0 Å². The first-order valence-electron chi connectivity index (χ1n) is 7.52. The highest BCUT2D eigenvalue weighted by molar-refractivity contribution is 5.58. The molecule has 0 unspecified atom stereocenters. The zero-order valence-corrected chi connectivity index (χ0v) is 11.7. The zero-order chi connectivity index (χ0) is 13.8. The van der Waals surface area contributed by atoms with E-state index in [9.17, 15) is 0 Å². The summed E-state index contributed by atoms with van der Waals surface area (Å²) in [5, 5.41) is 4.12. The number of aromatic nitrogens is 2. The second-order valence-corrected chi connectivity index (χ2v) is 5.62. The van der Waals surface area contributed by atoms with E-state index in [1.807, 2.05) is 24.3 Å². The molecular weight excluding hydrogens is 250 g/mol. The third-order valence-electron chi connectivity index (χ3n) is 4.07. The first-order valence-corrected chi connectivity index (χ1v) is 7.52. The van der Waals surface area contributed by atoms with Gasteiger partial charge in [-0.05, 0) is 37.1 Å². The SMILES string of the molecule is Nc1ccc(-c2noc(C3CCCCCCC3)n2)cc1. The summed E-state index contributed by atoms with van der Waals surface area (Å²) in [5.41, 5.74) is 7.40. The van der Waals surface area contributed by atoms with E-state index < -0.39 is 0 Å². The largest absolute Gasteiger partial charge is 0.399 e. The maximum absolute atomic E-state index is 5.69. The summed E-state index contributed by atoms with van der Waals surface area (Å²) in [5.74, 6) is 1.91. The molecule has 0 saturated heterocycles. The van der Waals surface area contributed by atoms with Gasteiger partial charge in [0.2, 0.25) is 11.7 Å². The van der Waals surface area contributed by atoms with Gasteiger partial charge in [0.25, 0.3) is 0 Å². The second-order valence-electron chi connectivity index (χ2n) is 5.62. The number of anilines is 1. The van der Waals surface area contributed by atoms with Gasteiger partial charge in [-0.25, -0.2) is 0 Å². The van der Waals surface area contributed by atoms with E-state index in [1.54, 1.807) is 0 Å². The monoisotopic (exact) mass is 271 g/mol. The van der Waals surface area contributed by atoms with Crippen molar-refractivity contribution in [3.05, 3.63) is 30.2 Å². The Labute approximate surface area is 119 Å². The predicted molar refractivity (Wildman–Crippen MR) is 79.2 cm³/mol. The van der Waals surface area contributed by atoms with Gasteiger partial charge in [0.1, 0.15) is 0 Å². The summed E-state index contributed by atoms with van der Waals surface area (Å²) in [6.45, 7) is 0. The molecule has 1 heterocycles. The molecule has 1 aromatic heterocycles. The van der Waals surface area contributed by atoms with Gasteiger partial charge in [0.05, 0.1) is 0 Å². The van der Waals surface area contributed by atoms with Crippen LogP contribution in [0.4, 0.5) is 5.69 Å². The summed E-state index contributed by atoms with van der Waals surface area (Å²) < 4.78 is 5.49. The average molecular weight is 271 g/mol. The van der Waals surface area contributed by atoms with E-state index in [4.69, 9.17) is 10.3 Å². The van der Waals surface area contributed by atoms with E-state index in [1.165, 1.54) is 44.9 Å². The molecule has 3 rings (SSSR count). The van der Waals surface area contributed by atoms with Crippen molar-refractivity contribution in [2.45, 2.75) is 50.9 Å². The van der Waals surface area contributed by atoms with E-state index in [2.05, 4.69) is 10.1 Å². The van der Waals surface area contributed by atoms with Crippen LogP contribution >= 0.6 is 0 Å². The van der Waals surface area contributed by atoms with Crippen LogP contribution in [-0.4, -0.2) is 10.1 Å². The van der Waals surface area contributed by atoms with Crippen LogP contribution < -0.4 is 5.73 Å². The molecule has 4 heteroatoms. The van der Waals surface area contributed by atoms with E-state index in [-0.39, 0.29) is 0 Å². The molecule has 0 aliphatic heterocycles. The lowest BCUT2D eigenvalue weighted by Crippen LogP contribution is -2.02. The molecule has 4 nitrogen and oxygen atoms in total. The van der Waals surface area contributed by atoms with Crippen molar-refractivity contribution in [2.75, 3.05) is 5.73 Å². The molecule has 0 spiro atoms. The lowest BCUT2D eigenvalue weighted by atomic mass is 9.91.